The predicted octanol–water partition coefficient (Wildman–Crippen LogP) is 2.93. The third-order valence-electron chi connectivity index (χ3n) is 3.32. The van der Waals surface area contributed by atoms with Crippen molar-refractivity contribution >= 4 is 5.91 Å². The molecule has 0 bridgehead atoms. The lowest BCUT2D eigenvalue weighted by Gasteiger charge is -2.11. The molecule has 1 N–H and O–H groups in total. The summed E-state index contributed by atoms with van der Waals surface area (Å²) in [6.45, 7) is 2.73. The summed E-state index contributed by atoms with van der Waals surface area (Å²) < 4.78 is 0. The van der Waals surface area contributed by atoms with Crippen molar-refractivity contribution < 1.29 is 4.79 Å². The first-order valence-corrected chi connectivity index (χ1v) is 6.96. The van der Waals surface area contributed by atoms with Crippen LogP contribution in [0.5, 0.6) is 0 Å². The van der Waals surface area contributed by atoms with E-state index in [0.29, 0.717) is 13.0 Å². The highest BCUT2D eigenvalue weighted by Gasteiger charge is 2.10. The maximum atomic E-state index is 11.9. The number of nitrogens with one attached hydrogen (secondary N) is 1. The summed E-state index contributed by atoms with van der Waals surface area (Å²) in [6, 6.07) is 14.1. The van der Waals surface area contributed by atoms with E-state index in [-0.39, 0.29) is 11.8 Å². The van der Waals surface area contributed by atoms with E-state index in [0.717, 1.165) is 12.0 Å². The van der Waals surface area contributed by atoms with E-state index < -0.39 is 0 Å². The van der Waals surface area contributed by atoms with E-state index in [2.05, 4.69) is 22.4 Å². The minimum Gasteiger partial charge on any atom is -0.356 e. The first-order chi connectivity index (χ1) is 9.75. The Morgan fingerprint density at radius 1 is 1.20 bits per heavy atom. The summed E-state index contributed by atoms with van der Waals surface area (Å²) in [4.78, 5) is 16.0. The lowest BCUT2D eigenvalue weighted by molar-refractivity contribution is -0.121. The summed E-state index contributed by atoms with van der Waals surface area (Å²) >= 11 is 0. The van der Waals surface area contributed by atoms with Crippen LogP contribution in [-0.4, -0.2) is 17.4 Å². The number of aromatic nitrogens is 1. The first kappa shape index (κ1) is 14.3. The molecule has 0 radical (unpaired) electrons. The van der Waals surface area contributed by atoms with E-state index >= 15 is 0 Å². The fourth-order valence-corrected chi connectivity index (χ4v) is 2.13. The van der Waals surface area contributed by atoms with Crippen molar-refractivity contribution in [2.75, 3.05) is 6.54 Å². The highest BCUT2D eigenvalue weighted by atomic mass is 16.1. The van der Waals surface area contributed by atoms with Gasteiger partial charge in [-0.05, 0) is 29.5 Å². The summed E-state index contributed by atoms with van der Waals surface area (Å²) in [7, 11) is 0. The molecule has 0 spiro atoms. The van der Waals surface area contributed by atoms with Crippen molar-refractivity contribution in [2.24, 2.45) is 0 Å². The quantitative estimate of drug-likeness (QED) is 0.875. The molecule has 0 aliphatic carbocycles. The van der Waals surface area contributed by atoms with E-state index in [1.54, 1.807) is 6.20 Å². The number of carbonyl (C=O) groups excluding carboxylic acids is 1. The molecule has 0 saturated carbocycles. The van der Waals surface area contributed by atoms with Crippen LogP contribution in [0.4, 0.5) is 0 Å². The smallest absolute Gasteiger partial charge is 0.220 e. The van der Waals surface area contributed by atoms with Crippen molar-refractivity contribution in [3.8, 4) is 0 Å². The summed E-state index contributed by atoms with van der Waals surface area (Å²) in [5.41, 5.74) is 2.35. The van der Waals surface area contributed by atoms with Crippen molar-refractivity contribution in [1.82, 2.24) is 10.3 Å². The highest BCUT2D eigenvalue weighted by molar-refractivity contribution is 5.76. The van der Waals surface area contributed by atoms with Gasteiger partial charge in [0.15, 0.2) is 0 Å². The van der Waals surface area contributed by atoms with Crippen LogP contribution in [-0.2, 0) is 11.2 Å². The SMILES string of the molecule is CC(CC(=O)NCCc1ccccc1)c1cccnc1. The summed E-state index contributed by atoms with van der Waals surface area (Å²) in [5, 5.41) is 2.97. The van der Waals surface area contributed by atoms with Crippen molar-refractivity contribution in [1.29, 1.82) is 0 Å². The second-order valence-corrected chi connectivity index (χ2v) is 4.98. The molecule has 1 atom stereocenters. The third-order valence-corrected chi connectivity index (χ3v) is 3.32. The van der Waals surface area contributed by atoms with Crippen molar-refractivity contribution in [3.05, 3.63) is 66.0 Å². The molecule has 1 aromatic carbocycles. The lowest BCUT2D eigenvalue weighted by Crippen LogP contribution is -2.26. The minimum absolute atomic E-state index is 0.0947. The molecule has 0 fully saturated rings. The molecule has 20 heavy (non-hydrogen) atoms. The zero-order valence-electron chi connectivity index (χ0n) is 11.8. The number of carbonyl (C=O) groups is 1. The van der Waals surface area contributed by atoms with Crippen LogP contribution in [0, 0.1) is 0 Å². The van der Waals surface area contributed by atoms with Crippen LogP contribution in [0.15, 0.2) is 54.9 Å². The second kappa shape index (κ2) is 7.43. The van der Waals surface area contributed by atoms with Gasteiger partial charge in [0, 0.05) is 25.4 Å². The third kappa shape index (κ3) is 4.50. The van der Waals surface area contributed by atoms with Crippen molar-refractivity contribution in [3.63, 3.8) is 0 Å². The van der Waals surface area contributed by atoms with Gasteiger partial charge in [-0.25, -0.2) is 0 Å². The Balaban J connectivity index is 1.73. The Kier molecular flexibility index (Phi) is 5.30. The maximum absolute atomic E-state index is 11.9. The number of pyridine rings is 1. The Hall–Kier alpha value is -2.16. The molecule has 1 amide bonds. The lowest BCUT2D eigenvalue weighted by atomic mass is 9.99. The zero-order valence-corrected chi connectivity index (χ0v) is 11.8. The molecule has 2 aromatic rings. The molecule has 1 heterocycles. The van der Waals surface area contributed by atoms with Crippen LogP contribution in [0.2, 0.25) is 0 Å². The number of nitrogens with zero attached hydrogens (tertiary/aromatic N) is 1. The molecular formula is C17H20N2O. The van der Waals surface area contributed by atoms with Gasteiger partial charge >= 0.3 is 0 Å². The van der Waals surface area contributed by atoms with Crippen LogP contribution in [0.3, 0.4) is 0 Å². The van der Waals surface area contributed by atoms with Crippen LogP contribution >= 0.6 is 0 Å². The predicted molar refractivity (Wildman–Crippen MR) is 80.4 cm³/mol. The van der Waals surface area contributed by atoms with Gasteiger partial charge in [-0.15, -0.1) is 0 Å². The Bertz CT molecular complexity index is 525. The number of hydrogen-bond donors (Lipinski definition) is 1. The van der Waals surface area contributed by atoms with E-state index in [9.17, 15) is 4.79 Å². The molecule has 0 saturated heterocycles. The number of amides is 1. The average molecular weight is 268 g/mol. The fourth-order valence-electron chi connectivity index (χ4n) is 2.13. The minimum atomic E-state index is 0.0947. The molecule has 0 aliphatic heterocycles. The van der Waals surface area contributed by atoms with Gasteiger partial charge in [-0.2, -0.15) is 0 Å². The van der Waals surface area contributed by atoms with E-state index in [4.69, 9.17) is 0 Å². The number of hydrogen-bond acceptors (Lipinski definition) is 2. The van der Waals surface area contributed by atoms with Gasteiger partial charge in [0.05, 0.1) is 0 Å². The molecule has 3 heteroatoms. The van der Waals surface area contributed by atoms with Crippen LogP contribution < -0.4 is 5.32 Å². The molecule has 1 aromatic heterocycles. The number of benzene rings is 1. The zero-order chi connectivity index (χ0) is 14.2. The number of rotatable bonds is 6. The monoisotopic (exact) mass is 268 g/mol. The fraction of sp³-hybridized carbons (Fsp3) is 0.294. The molecule has 0 aliphatic rings. The second-order valence-electron chi connectivity index (χ2n) is 4.98. The van der Waals surface area contributed by atoms with Gasteiger partial charge in [0.1, 0.15) is 0 Å². The van der Waals surface area contributed by atoms with E-state index in [1.165, 1.54) is 5.56 Å². The van der Waals surface area contributed by atoms with Gasteiger partial charge < -0.3 is 5.32 Å². The van der Waals surface area contributed by atoms with Gasteiger partial charge in [-0.3, -0.25) is 9.78 Å². The summed E-state index contributed by atoms with van der Waals surface area (Å²) in [5.74, 6) is 0.290. The first-order valence-electron chi connectivity index (χ1n) is 6.96. The normalized spacial score (nSPS) is 11.8. The Morgan fingerprint density at radius 3 is 2.70 bits per heavy atom. The van der Waals surface area contributed by atoms with Crippen molar-refractivity contribution in [2.45, 2.75) is 25.7 Å². The molecule has 1 unspecified atom stereocenters. The van der Waals surface area contributed by atoms with Gasteiger partial charge in [-0.1, -0.05) is 43.3 Å². The standard InChI is InChI=1S/C17H20N2O/c1-14(16-8-5-10-18-13-16)12-17(20)19-11-9-15-6-3-2-4-7-15/h2-8,10,13-14H,9,11-12H2,1H3,(H,19,20). The topological polar surface area (TPSA) is 42.0 Å². The molecule has 2 rings (SSSR count). The van der Waals surface area contributed by atoms with Gasteiger partial charge in [0.2, 0.25) is 5.91 Å². The Morgan fingerprint density at radius 2 is 2.00 bits per heavy atom. The van der Waals surface area contributed by atoms with Crippen LogP contribution in [0.1, 0.15) is 30.4 Å². The summed E-state index contributed by atoms with van der Waals surface area (Å²) in [6.07, 6.45) is 4.94. The largest absolute Gasteiger partial charge is 0.356 e. The molecule has 3 nitrogen and oxygen atoms in total. The molecular weight excluding hydrogens is 248 g/mol. The van der Waals surface area contributed by atoms with Gasteiger partial charge in [0.25, 0.3) is 0 Å². The highest BCUT2D eigenvalue weighted by Crippen LogP contribution is 2.17. The average Bonchev–Trinajstić information content (AvgIpc) is 2.49. The van der Waals surface area contributed by atoms with E-state index in [1.807, 2.05) is 43.5 Å². The van der Waals surface area contributed by atoms with Crippen LogP contribution in [0.25, 0.3) is 0 Å². The molecule has 104 valence electrons. The maximum Gasteiger partial charge on any atom is 0.220 e. The Labute approximate surface area is 120 Å².